The molecule has 1 N–H and O–H groups in total. The Morgan fingerprint density at radius 3 is 2.45 bits per heavy atom. The molecular weight excluding hydrogens is 341 g/mol. The molecule has 1 heterocycles. The van der Waals surface area contributed by atoms with E-state index in [2.05, 4.69) is 33.4 Å². The maximum atomic E-state index is 14.1. The van der Waals surface area contributed by atoms with Crippen LogP contribution in [0.2, 0.25) is 5.02 Å². The Labute approximate surface area is 131 Å². The van der Waals surface area contributed by atoms with Crippen molar-refractivity contribution in [2.24, 2.45) is 0 Å². The summed E-state index contributed by atoms with van der Waals surface area (Å²) in [4.78, 5) is 0. The van der Waals surface area contributed by atoms with Crippen LogP contribution in [0.25, 0.3) is 0 Å². The van der Waals surface area contributed by atoms with Crippen molar-refractivity contribution in [2.75, 3.05) is 13.1 Å². The fourth-order valence-electron chi connectivity index (χ4n) is 2.71. The summed E-state index contributed by atoms with van der Waals surface area (Å²) in [6.45, 7) is 1.72. The molecule has 2 aromatic rings. The molecule has 0 amide bonds. The van der Waals surface area contributed by atoms with Crippen LogP contribution in [0.3, 0.4) is 0 Å². The van der Waals surface area contributed by atoms with Gasteiger partial charge >= 0.3 is 0 Å². The molecule has 1 fully saturated rings. The van der Waals surface area contributed by atoms with Gasteiger partial charge in [0.2, 0.25) is 0 Å². The molecule has 4 heteroatoms. The largest absolute Gasteiger partial charge is 0.315 e. The molecule has 1 nitrogen and oxygen atoms in total. The van der Waals surface area contributed by atoms with Crippen LogP contribution in [-0.2, 0) is 11.8 Å². The number of hydrogen-bond acceptors (Lipinski definition) is 1. The first kappa shape index (κ1) is 14.1. The zero-order valence-corrected chi connectivity index (χ0v) is 13.1. The number of benzene rings is 2. The highest BCUT2D eigenvalue weighted by Gasteiger charge is 2.39. The van der Waals surface area contributed by atoms with Crippen LogP contribution in [0.5, 0.6) is 0 Å². The summed E-state index contributed by atoms with van der Waals surface area (Å²) < 4.78 is 15.2. The molecule has 0 atom stereocenters. The molecule has 1 aliphatic rings. The van der Waals surface area contributed by atoms with Gasteiger partial charge in [-0.2, -0.15) is 0 Å². The predicted octanol–water partition coefficient (Wildman–Crippen LogP) is 4.33. The van der Waals surface area contributed by atoms with E-state index in [1.54, 1.807) is 6.07 Å². The van der Waals surface area contributed by atoms with Crippen LogP contribution < -0.4 is 5.32 Å². The van der Waals surface area contributed by atoms with E-state index in [1.807, 2.05) is 24.3 Å². The number of nitrogens with one attached hydrogen (secondary N) is 1. The van der Waals surface area contributed by atoms with E-state index in [9.17, 15) is 4.39 Å². The molecule has 0 spiro atoms. The molecule has 0 radical (unpaired) electrons. The van der Waals surface area contributed by atoms with Crippen LogP contribution in [-0.4, -0.2) is 13.1 Å². The Morgan fingerprint density at radius 1 is 1.15 bits per heavy atom. The van der Waals surface area contributed by atoms with Crippen molar-refractivity contribution in [1.82, 2.24) is 5.32 Å². The van der Waals surface area contributed by atoms with Crippen LogP contribution in [0.1, 0.15) is 11.1 Å². The minimum Gasteiger partial charge on any atom is -0.315 e. The third-order valence-corrected chi connectivity index (χ3v) is 4.76. The minimum atomic E-state index is -0.294. The molecule has 2 aromatic carbocycles. The first-order valence-electron chi connectivity index (χ1n) is 6.50. The van der Waals surface area contributed by atoms with Crippen LogP contribution in [0, 0.1) is 5.82 Å². The van der Waals surface area contributed by atoms with Gasteiger partial charge in [0.25, 0.3) is 0 Å². The van der Waals surface area contributed by atoms with Gasteiger partial charge in [-0.05, 0) is 35.7 Å². The van der Waals surface area contributed by atoms with E-state index in [0.717, 1.165) is 17.6 Å². The standard InChI is InChI=1S/C16H14BrClFN/c17-13-6-4-12(5-7-13)16(9-20-10-16)8-11-2-1-3-14(18)15(11)19/h1-7,20H,8-10H2. The normalized spacial score (nSPS) is 16.8. The second kappa shape index (κ2) is 5.47. The van der Waals surface area contributed by atoms with E-state index >= 15 is 0 Å². The van der Waals surface area contributed by atoms with Gasteiger partial charge in [0.05, 0.1) is 5.02 Å². The average molecular weight is 355 g/mol. The first-order valence-corrected chi connectivity index (χ1v) is 7.67. The smallest absolute Gasteiger partial charge is 0.145 e. The Morgan fingerprint density at radius 2 is 1.85 bits per heavy atom. The van der Waals surface area contributed by atoms with Gasteiger partial charge in [-0.15, -0.1) is 0 Å². The quantitative estimate of drug-likeness (QED) is 0.865. The minimum absolute atomic E-state index is 0.0355. The van der Waals surface area contributed by atoms with Crippen molar-refractivity contribution in [1.29, 1.82) is 0 Å². The average Bonchev–Trinajstić information content (AvgIpc) is 2.40. The third kappa shape index (κ3) is 2.50. The third-order valence-electron chi connectivity index (χ3n) is 3.94. The molecule has 0 aromatic heterocycles. The summed E-state index contributed by atoms with van der Waals surface area (Å²) in [5.41, 5.74) is 1.88. The lowest BCUT2D eigenvalue weighted by atomic mass is 9.71. The van der Waals surface area contributed by atoms with Crippen molar-refractivity contribution >= 4 is 27.5 Å². The molecule has 3 rings (SSSR count). The van der Waals surface area contributed by atoms with E-state index in [0.29, 0.717) is 12.0 Å². The topological polar surface area (TPSA) is 12.0 Å². The van der Waals surface area contributed by atoms with Crippen LogP contribution in [0.4, 0.5) is 4.39 Å². The van der Waals surface area contributed by atoms with Gasteiger partial charge in [-0.1, -0.05) is 51.8 Å². The monoisotopic (exact) mass is 353 g/mol. The summed E-state index contributed by atoms with van der Waals surface area (Å²) in [6.07, 6.45) is 0.661. The Kier molecular flexibility index (Phi) is 3.85. The van der Waals surface area contributed by atoms with Gasteiger partial charge < -0.3 is 5.32 Å². The van der Waals surface area contributed by atoms with E-state index in [1.165, 1.54) is 5.56 Å². The van der Waals surface area contributed by atoms with Gasteiger partial charge in [0.1, 0.15) is 5.82 Å². The molecule has 0 aliphatic carbocycles. The van der Waals surface area contributed by atoms with Crippen LogP contribution >= 0.6 is 27.5 Å². The fourth-order valence-corrected chi connectivity index (χ4v) is 3.17. The summed E-state index contributed by atoms with van der Waals surface area (Å²) in [7, 11) is 0. The Balaban J connectivity index is 1.94. The van der Waals surface area contributed by atoms with E-state index in [4.69, 9.17) is 11.6 Å². The summed E-state index contributed by atoms with van der Waals surface area (Å²) in [6, 6.07) is 13.5. The van der Waals surface area contributed by atoms with Crippen molar-refractivity contribution in [3.05, 3.63) is 68.9 Å². The SMILES string of the molecule is Fc1c(Cl)cccc1CC1(c2ccc(Br)cc2)CNC1. The van der Waals surface area contributed by atoms with E-state index < -0.39 is 0 Å². The lowest BCUT2D eigenvalue weighted by Gasteiger charge is -2.43. The zero-order valence-electron chi connectivity index (χ0n) is 10.8. The van der Waals surface area contributed by atoms with Gasteiger partial charge in [-0.25, -0.2) is 4.39 Å². The lowest BCUT2D eigenvalue weighted by Crippen LogP contribution is -2.58. The molecule has 0 bridgehead atoms. The maximum Gasteiger partial charge on any atom is 0.145 e. The molecular formula is C16H14BrClFN. The second-order valence-electron chi connectivity index (χ2n) is 5.28. The van der Waals surface area contributed by atoms with Crippen molar-refractivity contribution in [2.45, 2.75) is 11.8 Å². The molecule has 1 aliphatic heterocycles. The summed E-state index contributed by atoms with van der Waals surface area (Å²) in [5, 5.41) is 3.50. The molecule has 1 saturated heterocycles. The van der Waals surface area contributed by atoms with Gasteiger partial charge in [0, 0.05) is 23.0 Å². The Hall–Kier alpha value is -0.900. The highest BCUT2D eigenvalue weighted by molar-refractivity contribution is 9.10. The number of rotatable bonds is 3. The van der Waals surface area contributed by atoms with Crippen molar-refractivity contribution in [3.8, 4) is 0 Å². The van der Waals surface area contributed by atoms with Crippen molar-refractivity contribution < 1.29 is 4.39 Å². The first-order chi connectivity index (χ1) is 9.61. The number of hydrogen-bond donors (Lipinski definition) is 1. The maximum absolute atomic E-state index is 14.1. The van der Waals surface area contributed by atoms with Gasteiger partial charge in [-0.3, -0.25) is 0 Å². The highest BCUT2D eigenvalue weighted by atomic mass is 79.9. The second-order valence-corrected chi connectivity index (χ2v) is 6.60. The fraction of sp³-hybridized carbons (Fsp3) is 0.250. The summed E-state index contributed by atoms with van der Waals surface area (Å²) >= 11 is 9.32. The molecule has 0 saturated carbocycles. The molecule has 20 heavy (non-hydrogen) atoms. The summed E-state index contributed by atoms with van der Waals surface area (Å²) in [5.74, 6) is -0.294. The molecule has 104 valence electrons. The Bertz CT molecular complexity index is 623. The zero-order chi connectivity index (χ0) is 14.2. The predicted molar refractivity (Wildman–Crippen MR) is 83.8 cm³/mol. The number of halogens is 3. The van der Waals surface area contributed by atoms with E-state index in [-0.39, 0.29) is 16.3 Å². The highest BCUT2D eigenvalue weighted by Crippen LogP contribution is 2.34. The molecule has 0 unspecified atom stereocenters. The lowest BCUT2D eigenvalue weighted by molar-refractivity contribution is 0.272. The van der Waals surface area contributed by atoms with Crippen LogP contribution in [0.15, 0.2) is 46.9 Å². The van der Waals surface area contributed by atoms with Crippen molar-refractivity contribution in [3.63, 3.8) is 0 Å². The van der Waals surface area contributed by atoms with Gasteiger partial charge in [0.15, 0.2) is 0 Å².